The molecule has 0 aliphatic carbocycles. The minimum Gasteiger partial charge on any atom is -0.489 e. The molecular formula is C19H15FN2O4. The van der Waals surface area contributed by atoms with E-state index in [4.69, 9.17) is 14.6 Å². The van der Waals surface area contributed by atoms with Crippen LogP contribution in [0.2, 0.25) is 0 Å². The standard InChI is InChI=1S/C19H15FN2O4/c1-12-21-9-13(10-22-12)11-25-17-6-15(20)7-18(8-17)26-16-4-2-14(3-5-16)19(23)24/h2-10H,11H2,1H3,(H,23,24). The van der Waals surface area contributed by atoms with E-state index < -0.39 is 11.8 Å². The average Bonchev–Trinajstić information content (AvgIpc) is 2.61. The highest BCUT2D eigenvalue weighted by molar-refractivity contribution is 5.87. The van der Waals surface area contributed by atoms with Gasteiger partial charge in [0.2, 0.25) is 0 Å². The van der Waals surface area contributed by atoms with Crippen LogP contribution in [0, 0.1) is 12.7 Å². The normalized spacial score (nSPS) is 10.4. The van der Waals surface area contributed by atoms with Gasteiger partial charge in [-0.2, -0.15) is 0 Å². The summed E-state index contributed by atoms with van der Waals surface area (Å²) in [5, 5.41) is 8.89. The van der Waals surface area contributed by atoms with Gasteiger partial charge in [0, 0.05) is 36.2 Å². The molecule has 1 aromatic heterocycles. The zero-order valence-corrected chi connectivity index (χ0v) is 13.8. The van der Waals surface area contributed by atoms with Crippen LogP contribution >= 0.6 is 0 Å². The monoisotopic (exact) mass is 354 g/mol. The molecule has 2 aromatic carbocycles. The fraction of sp³-hybridized carbons (Fsp3) is 0.105. The Morgan fingerprint density at radius 1 is 1.04 bits per heavy atom. The van der Waals surface area contributed by atoms with Crippen LogP contribution in [-0.4, -0.2) is 21.0 Å². The number of aryl methyl sites for hydroxylation is 1. The maximum absolute atomic E-state index is 13.8. The molecular weight excluding hydrogens is 339 g/mol. The third-order valence-electron chi connectivity index (χ3n) is 3.42. The van der Waals surface area contributed by atoms with Gasteiger partial charge in [-0.3, -0.25) is 0 Å². The highest BCUT2D eigenvalue weighted by atomic mass is 19.1. The number of carbonyl (C=O) groups is 1. The fourth-order valence-corrected chi connectivity index (χ4v) is 2.14. The van der Waals surface area contributed by atoms with Crippen LogP contribution < -0.4 is 9.47 Å². The van der Waals surface area contributed by atoms with E-state index >= 15 is 0 Å². The molecule has 6 nitrogen and oxygen atoms in total. The van der Waals surface area contributed by atoms with Crippen LogP contribution in [0.5, 0.6) is 17.2 Å². The van der Waals surface area contributed by atoms with Gasteiger partial charge in [-0.05, 0) is 31.2 Å². The molecule has 0 saturated carbocycles. The Labute approximate surface area is 148 Å². The lowest BCUT2D eigenvalue weighted by Gasteiger charge is -2.10. The lowest BCUT2D eigenvalue weighted by Crippen LogP contribution is -1.99. The Morgan fingerprint density at radius 3 is 2.35 bits per heavy atom. The Kier molecular flexibility index (Phi) is 5.07. The number of nitrogens with zero attached hydrogens (tertiary/aromatic N) is 2. The lowest BCUT2D eigenvalue weighted by molar-refractivity contribution is 0.0697. The summed E-state index contributed by atoms with van der Waals surface area (Å²) in [4.78, 5) is 19.0. The molecule has 0 saturated heterocycles. The van der Waals surface area contributed by atoms with Crippen LogP contribution in [0.25, 0.3) is 0 Å². The molecule has 1 heterocycles. The molecule has 3 rings (SSSR count). The van der Waals surface area contributed by atoms with E-state index in [0.717, 1.165) is 5.56 Å². The summed E-state index contributed by atoms with van der Waals surface area (Å²) in [6.07, 6.45) is 3.28. The van der Waals surface area contributed by atoms with Gasteiger partial charge >= 0.3 is 5.97 Å². The van der Waals surface area contributed by atoms with Crippen molar-refractivity contribution in [3.8, 4) is 17.2 Å². The number of aromatic nitrogens is 2. The maximum atomic E-state index is 13.8. The molecule has 0 spiro atoms. The van der Waals surface area contributed by atoms with Gasteiger partial charge in [0.15, 0.2) is 0 Å². The van der Waals surface area contributed by atoms with Crippen molar-refractivity contribution in [1.82, 2.24) is 9.97 Å². The first-order chi connectivity index (χ1) is 12.5. The van der Waals surface area contributed by atoms with E-state index in [-0.39, 0.29) is 17.9 Å². The predicted octanol–water partition coefficient (Wildman–Crippen LogP) is 3.99. The van der Waals surface area contributed by atoms with Gasteiger partial charge in [0.05, 0.1) is 5.56 Å². The predicted molar refractivity (Wildman–Crippen MR) is 91.0 cm³/mol. The number of aromatic carboxylic acids is 1. The highest BCUT2D eigenvalue weighted by Gasteiger charge is 2.07. The van der Waals surface area contributed by atoms with Crippen molar-refractivity contribution in [3.63, 3.8) is 0 Å². The third-order valence-corrected chi connectivity index (χ3v) is 3.42. The van der Waals surface area contributed by atoms with Crippen molar-refractivity contribution in [2.75, 3.05) is 0 Å². The SMILES string of the molecule is Cc1ncc(COc2cc(F)cc(Oc3ccc(C(=O)O)cc3)c2)cn1. The number of carboxylic acid groups (broad SMARTS) is 1. The van der Waals surface area contributed by atoms with Gasteiger partial charge in [-0.25, -0.2) is 19.2 Å². The molecule has 0 aliphatic rings. The number of ether oxygens (including phenoxy) is 2. The number of halogens is 1. The molecule has 132 valence electrons. The topological polar surface area (TPSA) is 81.5 Å². The number of hydrogen-bond acceptors (Lipinski definition) is 5. The smallest absolute Gasteiger partial charge is 0.335 e. The zero-order chi connectivity index (χ0) is 18.5. The van der Waals surface area contributed by atoms with Crippen molar-refractivity contribution in [2.45, 2.75) is 13.5 Å². The quantitative estimate of drug-likeness (QED) is 0.721. The molecule has 26 heavy (non-hydrogen) atoms. The summed E-state index contributed by atoms with van der Waals surface area (Å²) in [5.74, 6) is 0.0337. The average molecular weight is 354 g/mol. The summed E-state index contributed by atoms with van der Waals surface area (Å²) in [7, 11) is 0. The minimum atomic E-state index is -1.03. The maximum Gasteiger partial charge on any atom is 0.335 e. The van der Waals surface area contributed by atoms with Crippen LogP contribution in [0.3, 0.4) is 0 Å². The number of carboxylic acids is 1. The summed E-state index contributed by atoms with van der Waals surface area (Å²) < 4.78 is 24.9. The molecule has 0 aliphatic heterocycles. The molecule has 3 aromatic rings. The van der Waals surface area contributed by atoms with E-state index in [2.05, 4.69) is 9.97 Å². The summed E-state index contributed by atoms with van der Waals surface area (Å²) in [6.45, 7) is 1.97. The molecule has 1 N–H and O–H groups in total. The van der Waals surface area contributed by atoms with Crippen molar-refractivity contribution in [1.29, 1.82) is 0 Å². The molecule has 0 radical (unpaired) electrons. The van der Waals surface area contributed by atoms with E-state index in [9.17, 15) is 9.18 Å². The molecule has 0 atom stereocenters. The van der Waals surface area contributed by atoms with Crippen molar-refractivity contribution >= 4 is 5.97 Å². The van der Waals surface area contributed by atoms with Crippen LogP contribution in [0.15, 0.2) is 54.9 Å². The Bertz CT molecular complexity index is 912. The van der Waals surface area contributed by atoms with Gasteiger partial charge in [-0.15, -0.1) is 0 Å². The number of benzene rings is 2. The van der Waals surface area contributed by atoms with Crippen molar-refractivity contribution in [3.05, 3.63) is 77.6 Å². The second kappa shape index (κ2) is 7.60. The second-order valence-electron chi connectivity index (χ2n) is 5.48. The lowest BCUT2D eigenvalue weighted by atomic mass is 10.2. The van der Waals surface area contributed by atoms with Gasteiger partial charge in [0.25, 0.3) is 0 Å². The molecule has 7 heteroatoms. The molecule has 0 fully saturated rings. The fourth-order valence-electron chi connectivity index (χ4n) is 2.14. The minimum absolute atomic E-state index is 0.140. The van der Waals surface area contributed by atoms with Gasteiger partial charge < -0.3 is 14.6 Å². The molecule has 0 bridgehead atoms. The highest BCUT2D eigenvalue weighted by Crippen LogP contribution is 2.27. The van der Waals surface area contributed by atoms with Gasteiger partial charge in [-0.1, -0.05) is 0 Å². The van der Waals surface area contributed by atoms with Crippen LogP contribution in [-0.2, 0) is 6.61 Å². The first-order valence-electron chi connectivity index (χ1n) is 7.72. The first-order valence-corrected chi connectivity index (χ1v) is 7.72. The van der Waals surface area contributed by atoms with E-state index in [1.807, 2.05) is 0 Å². The Morgan fingerprint density at radius 2 is 1.69 bits per heavy atom. The van der Waals surface area contributed by atoms with E-state index in [1.54, 1.807) is 25.4 Å². The molecule has 0 unspecified atom stereocenters. The summed E-state index contributed by atoms with van der Waals surface area (Å²) in [5.41, 5.74) is 0.896. The van der Waals surface area contributed by atoms with E-state index in [0.29, 0.717) is 17.3 Å². The number of hydrogen-bond donors (Lipinski definition) is 1. The van der Waals surface area contributed by atoms with Crippen molar-refractivity contribution < 1.29 is 23.8 Å². The zero-order valence-electron chi connectivity index (χ0n) is 13.8. The van der Waals surface area contributed by atoms with Gasteiger partial charge in [0.1, 0.15) is 35.5 Å². The van der Waals surface area contributed by atoms with Crippen molar-refractivity contribution in [2.24, 2.45) is 0 Å². The summed E-state index contributed by atoms with van der Waals surface area (Å²) in [6, 6.07) is 9.82. The Hall–Kier alpha value is -3.48. The van der Waals surface area contributed by atoms with Crippen LogP contribution in [0.1, 0.15) is 21.7 Å². The first kappa shape index (κ1) is 17.3. The molecule has 0 amide bonds. The third kappa shape index (κ3) is 4.54. The number of rotatable bonds is 6. The summed E-state index contributed by atoms with van der Waals surface area (Å²) >= 11 is 0. The largest absolute Gasteiger partial charge is 0.489 e. The van der Waals surface area contributed by atoms with E-state index in [1.165, 1.54) is 36.4 Å². The second-order valence-corrected chi connectivity index (χ2v) is 5.48. The van der Waals surface area contributed by atoms with Crippen LogP contribution in [0.4, 0.5) is 4.39 Å². The Balaban J connectivity index is 1.70.